The van der Waals surface area contributed by atoms with Crippen LogP contribution in [0.15, 0.2) is 47.5 Å². The van der Waals surface area contributed by atoms with Crippen molar-refractivity contribution in [2.75, 3.05) is 11.9 Å². The summed E-state index contributed by atoms with van der Waals surface area (Å²) >= 11 is -0.240. The van der Waals surface area contributed by atoms with Gasteiger partial charge in [-0.1, -0.05) is 18.2 Å². The van der Waals surface area contributed by atoms with Crippen molar-refractivity contribution in [3.63, 3.8) is 0 Å². The zero-order valence-electron chi connectivity index (χ0n) is 17.3. The maximum absolute atomic E-state index is 13.0. The van der Waals surface area contributed by atoms with E-state index in [4.69, 9.17) is 5.14 Å². The highest BCUT2D eigenvalue weighted by molar-refractivity contribution is 8.00. The maximum atomic E-state index is 13.0. The average Bonchev–Trinajstić information content (AvgIpc) is 3.28. The lowest BCUT2D eigenvalue weighted by atomic mass is 10.1. The Bertz CT molecular complexity index is 1290. The number of nitrogens with zero attached hydrogens (tertiary/aromatic N) is 3. The minimum Gasteiger partial charge on any atom is -0.390 e. The molecule has 10 nitrogen and oxygen atoms in total. The molecule has 3 aromatic rings. The second-order valence-corrected chi connectivity index (χ2v) is 10.0. The highest BCUT2D eigenvalue weighted by Crippen LogP contribution is 2.41. The summed E-state index contributed by atoms with van der Waals surface area (Å²) in [6.07, 6.45) is -0.910. The van der Waals surface area contributed by atoms with Gasteiger partial charge >= 0.3 is 15.8 Å². The number of hydrogen-bond donors (Lipinski definition) is 4. The van der Waals surface area contributed by atoms with Crippen molar-refractivity contribution in [2.24, 2.45) is 11.1 Å². The third-order valence-electron chi connectivity index (χ3n) is 5.33. The molecule has 4 atom stereocenters. The molecule has 0 radical (unpaired) electrons. The van der Waals surface area contributed by atoms with Crippen LogP contribution in [-0.4, -0.2) is 63.6 Å². The van der Waals surface area contributed by atoms with Gasteiger partial charge in [-0.2, -0.15) is 31.2 Å². The predicted molar refractivity (Wildman–Crippen MR) is 117 cm³/mol. The third kappa shape index (κ3) is 5.61. The van der Waals surface area contributed by atoms with Crippen LogP contribution in [-0.2, 0) is 14.5 Å². The molecule has 1 saturated carbocycles. The Morgan fingerprint density at radius 1 is 1.24 bits per heavy atom. The smallest absolute Gasteiger partial charge is 0.390 e. The molecule has 0 saturated heterocycles. The molecule has 15 heteroatoms. The Morgan fingerprint density at radius 3 is 2.68 bits per heavy atom. The molecule has 184 valence electrons. The molecular formula is C19H20F3N5O5S2. The topological polar surface area (TPSA) is 152 Å². The molecule has 34 heavy (non-hydrogen) atoms. The van der Waals surface area contributed by atoms with Crippen LogP contribution < -0.4 is 10.5 Å². The molecule has 1 fully saturated rings. The number of fused-ring (bicyclic) bond motifs is 1. The van der Waals surface area contributed by atoms with Gasteiger partial charge in [-0.3, -0.25) is 4.18 Å². The molecule has 5 N–H and O–H groups in total. The first-order chi connectivity index (χ1) is 15.9. The van der Waals surface area contributed by atoms with E-state index >= 15 is 0 Å². The highest BCUT2D eigenvalue weighted by Gasteiger charge is 2.42. The van der Waals surface area contributed by atoms with E-state index < -0.39 is 46.6 Å². The van der Waals surface area contributed by atoms with E-state index in [1.165, 1.54) is 35.0 Å². The number of anilines is 1. The molecule has 2 heterocycles. The molecular weight excluding hydrogens is 499 g/mol. The number of rotatable bonds is 7. The summed E-state index contributed by atoms with van der Waals surface area (Å²) in [5.41, 5.74) is -3.59. The largest absolute Gasteiger partial charge is 0.446 e. The van der Waals surface area contributed by atoms with Crippen LogP contribution in [0.5, 0.6) is 0 Å². The van der Waals surface area contributed by atoms with Gasteiger partial charge in [0.2, 0.25) is 0 Å². The quantitative estimate of drug-likeness (QED) is 0.342. The number of alkyl halides is 3. The van der Waals surface area contributed by atoms with E-state index in [1.807, 2.05) is 0 Å². The van der Waals surface area contributed by atoms with E-state index in [0.29, 0.717) is 11.5 Å². The number of aromatic nitrogens is 3. The van der Waals surface area contributed by atoms with Crippen LogP contribution in [0, 0.1) is 5.92 Å². The van der Waals surface area contributed by atoms with Gasteiger partial charge in [-0.25, -0.2) is 10.1 Å². The van der Waals surface area contributed by atoms with E-state index in [9.17, 15) is 31.8 Å². The van der Waals surface area contributed by atoms with Gasteiger partial charge in [0.1, 0.15) is 11.9 Å². The summed E-state index contributed by atoms with van der Waals surface area (Å²) in [5.74, 6) is -0.343. The summed E-state index contributed by atoms with van der Waals surface area (Å²) in [6.45, 7) is -0.402. The van der Waals surface area contributed by atoms with Crippen LogP contribution in [0.25, 0.3) is 16.9 Å². The van der Waals surface area contributed by atoms with Crippen molar-refractivity contribution in [3.8, 4) is 11.3 Å². The first-order valence-electron chi connectivity index (χ1n) is 9.91. The molecule has 1 aliphatic carbocycles. The van der Waals surface area contributed by atoms with Gasteiger partial charge < -0.3 is 15.5 Å². The second-order valence-electron chi connectivity index (χ2n) is 7.68. The summed E-state index contributed by atoms with van der Waals surface area (Å²) in [6, 6.07) is 8.36. The Kier molecular flexibility index (Phi) is 6.76. The number of aliphatic hydroxyl groups excluding tert-OH is 2. The minimum atomic E-state index is -4.47. The van der Waals surface area contributed by atoms with Gasteiger partial charge in [0, 0.05) is 28.6 Å². The number of aliphatic hydroxyl groups is 2. The fourth-order valence-corrected chi connectivity index (χ4v) is 4.88. The van der Waals surface area contributed by atoms with Gasteiger partial charge in [-0.15, -0.1) is 0 Å². The first kappa shape index (κ1) is 24.7. The van der Waals surface area contributed by atoms with E-state index in [2.05, 4.69) is 19.6 Å². The molecule has 2 aromatic heterocycles. The zero-order chi connectivity index (χ0) is 24.7. The van der Waals surface area contributed by atoms with E-state index in [0.717, 1.165) is 0 Å². The van der Waals surface area contributed by atoms with Gasteiger partial charge in [0.05, 0.1) is 24.4 Å². The lowest BCUT2D eigenvalue weighted by Crippen LogP contribution is -2.36. The summed E-state index contributed by atoms with van der Waals surface area (Å²) in [4.78, 5) is 4.18. The Labute approximate surface area is 196 Å². The Hall–Kier alpha value is -2.43. The van der Waals surface area contributed by atoms with Crippen molar-refractivity contribution in [1.29, 1.82) is 0 Å². The summed E-state index contributed by atoms with van der Waals surface area (Å²) in [7, 11) is -4.20. The maximum Gasteiger partial charge on any atom is 0.446 e. The van der Waals surface area contributed by atoms with Crippen LogP contribution >= 0.6 is 11.8 Å². The number of halogens is 3. The van der Waals surface area contributed by atoms with Crippen LogP contribution in [0.2, 0.25) is 0 Å². The Morgan fingerprint density at radius 2 is 1.97 bits per heavy atom. The van der Waals surface area contributed by atoms with Crippen molar-refractivity contribution >= 4 is 33.5 Å². The molecule has 0 spiro atoms. The van der Waals surface area contributed by atoms with Crippen LogP contribution in [0.3, 0.4) is 0 Å². The number of nitrogens with two attached hydrogens (primary N) is 1. The van der Waals surface area contributed by atoms with Crippen molar-refractivity contribution in [3.05, 3.63) is 42.6 Å². The molecule has 0 bridgehead atoms. The third-order valence-corrected chi connectivity index (χ3v) is 6.60. The fraction of sp³-hybridized carbons (Fsp3) is 0.368. The number of hydrogen-bond acceptors (Lipinski definition) is 9. The number of nitrogens with one attached hydrogen (secondary N) is 1. The van der Waals surface area contributed by atoms with Gasteiger partial charge in [-0.05, 0) is 30.3 Å². The highest BCUT2D eigenvalue weighted by atomic mass is 32.2. The first-order valence-corrected chi connectivity index (χ1v) is 12.2. The fourth-order valence-electron chi connectivity index (χ4n) is 3.83. The molecule has 0 unspecified atom stereocenters. The second kappa shape index (κ2) is 9.31. The van der Waals surface area contributed by atoms with E-state index in [-0.39, 0.29) is 34.3 Å². The SMILES string of the molecule is NS(=O)(=O)OC[C@H]1C[C@@H](Nc2ccnc3cc(-c4ccccc4SC(F)(F)F)nn23)[C@H](O)[C@@H]1O. The average molecular weight is 520 g/mol. The lowest BCUT2D eigenvalue weighted by Gasteiger charge is -2.19. The molecule has 0 aliphatic heterocycles. The monoisotopic (exact) mass is 519 g/mol. The number of benzene rings is 1. The van der Waals surface area contributed by atoms with E-state index in [1.54, 1.807) is 12.1 Å². The zero-order valence-corrected chi connectivity index (χ0v) is 18.9. The minimum absolute atomic E-state index is 0.0139. The summed E-state index contributed by atoms with van der Waals surface area (Å²) < 4.78 is 66.9. The van der Waals surface area contributed by atoms with Gasteiger partial charge in [0.15, 0.2) is 5.65 Å². The molecule has 4 rings (SSSR count). The number of thioether (sulfide) groups is 1. The molecule has 0 amide bonds. The van der Waals surface area contributed by atoms with Crippen molar-refractivity contribution in [2.45, 2.75) is 35.1 Å². The summed E-state index contributed by atoms with van der Waals surface area (Å²) in [5, 5.41) is 32.9. The van der Waals surface area contributed by atoms with Crippen LogP contribution in [0.1, 0.15) is 6.42 Å². The lowest BCUT2D eigenvalue weighted by molar-refractivity contribution is -0.0328. The van der Waals surface area contributed by atoms with Crippen molar-refractivity contribution in [1.82, 2.24) is 14.6 Å². The van der Waals surface area contributed by atoms with Crippen LogP contribution in [0.4, 0.5) is 19.0 Å². The predicted octanol–water partition coefficient (Wildman–Crippen LogP) is 1.75. The Balaban J connectivity index is 1.59. The molecule has 1 aliphatic rings. The normalized spacial score (nSPS) is 23.5. The van der Waals surface area contributed by atoms with Gasteiger partial charge in [0.25, 0.3) is 0 Å². The standard InChI is InChI=1S/C19H20F3N5O5S2/c20-19(21,22)33-14-4-2-1-3-11(14)12-8-16-24-6-5-15(27(16)26-12)25-13-7-10(17(28)18(13)29)9-32-34(23,30)31/h1-6,8,10,13,17-18,25,28-29H,7,9H2,(H2,23,30,31)/t10-,13-,17-,18+/m1/s1. The van der Waals surface area contributed by atoms with Crippen molar-refractivity contribution < 1.29 is 36.0 Å². The molecule has 1 aromatic carbocycles.